The number of ether oxygens (including phenoxy) is 10. The van der Waals surface area contributed by atoms with Crippen molar-refractivity contribution in [2.45, 2.75) is 257 Å². The number of hydrogen-bond acceptors (Lipinski definition) is 18. The molecule has 12 aromatic rings. The van der Waals surface area contributed by atoms with Crippen molar-refractivity contribution < 1.29 is 115 Å². The first kappa shape index (κ1) is 116. The summed E-state index contributed by atoms with van der Waals surface area (Å²) in [5.41, 5.74) is 15.9. The van der Waals surface area contributed by atoms with E-state index in [0.29, 0.717) is 108 Å². The normalized spacial score (nSPS) is 19.5. The minimum absolute atomic E-state index is 0. The first-order valence-corrected chi connectivity index (χ1v) is 54.3. The summed E-state index contributed by atoms with van der Waals surface area (Å²) in [6, 6.07) is 34.4. The van der Waals surface area contributed by atoms with E-state index >= 15 is 0 Å². The van der Waals surface area contributed by atoms with Gasteiger partial charge in [-0.1, -0.05) is 98.9 Å². The summed E-state index contributed by atoms with van der Waals surface area (Å²) >= 11 is 9.10. The summed E-state index contributed by atoms with van der Waals surface area (Å²) in [7, 11) is 13.3. The van der Waals surface area contributed by atoms with Gasteiger partial charge in [0.15, 0.2) is 17.4 Å². The van der Waals surface area contributed by atoms with E-state index in [9.17, 15) is 55.9 Å². The summed E-state index contributed by atoms with van der Waals surface area (Å²) in [6.45, 7) is 17.4. The maximum atomic E-state index is 13.4. The molecule has 0 amide bonds. The third kappa shape index (κ3) is 27.5. The number of aromatic amines is 2. The van der Waals surface area contributed by atoms with Gasteiger partial charge in [-0.15, -0.1) is 0 Å². The van der Waals surface area contributed by atoms with Crippen LogP contribution in [0.3, 0.4) is 0 Å². The fourth-order valence-corrected chi connectivity index (χ4v) is 21.8. The van der Waals surface area contributed by atoms with Gasteiger partial charge in [0.05, 0.1) is 106 Å². The summed E-state index contributed by atoms with van der Waals surface area (Å²) < 4.78 is 118. The highest BCUT2D eigenvalue weighted by atomic mass is 80.9. The van der Waals surface area contributed by atoms with Crippen LogP contribution in [0, 0.1) is 16.2 Å². The van der Waals surface area contributed by atoms with Crippen molar-refractivity contribution in [3.8, 4) is 0 Å². The molecule has 21 rings (SSSR count). The molecule has 3 aliphatic heterocycles. The van der Waals surface area contributed by atoms with Gasteiger partial charge in [0.2, 0.25) is 11.8 Å². The molecule has 3 saturated heterocycles. The monoisotopic (exact) mass is 2240 g/mol. The number of benzene rings is 6. The molecule has 9 heterocycles. The largest absolute Gasteiger partial charge is 0.478 e. The lowest BCUT2D eigenvalue weighted by Gasteiger charge is -2.46. The van der Waals surface area contributed by atoms with Gasteiger partial charge < -0.3 is 85.8 Å². The topological polar surface area (TPSA) is 321 Å². The molecule has 33 heteroatoms. The summed E-state index contributed by atoms with van der Waals surface area (Å²) in [4.78, 5) is 97.1. The Morgan fingerprint density at radius 1 is 0.399 bits per heavy atom. The molecule has 26 nitrogen and oxygen atoms in total. The van der Waals surface area contributed by atoms with Crippen LogP contribution in [0.25, 0.3) is 71.0 Å². The number of aryl methyl sites for hydroxylation is 4. The van der Waals surface area contributed by atoms with Crippen LogP contribution in [-0.4, -0.2) is 183 Å². The number of ketones is 2. The minimum Gasteiger partial charge on any atom is -0.478 e. The average Bonchev–Trinajstić information content (AvgIpc) is 1.61. The molecule has 8 fully saturated rings. The zero-order valence-electron chi connectivity index (χ0n) is 85.4. The molecule has 6 aromatic heterocycles. The highest BCUT2D eigenvalue weighted by Gasteiger charge is 2.47. The van der Waals surface area contributed by atoms with Gasteiger partial charge in [0.25, 0.3) is 0 Å². The standard InChI is InChI=1S/C22H29NO4.C20H23NO4.C17H18BrF2NO2.C17H19F2NO2.C17H19NO3.C11H18O3.C9H7NO2.2CH4.Br2.H2/c1-21(2)13-26-22(27-14-21)9-7-15(8-10-22)18-12-23(3)19-11-16(20(24)25-4)5-6-17(18)19;1-19(2)11-24-20(25-12-19)7-5-13(6-8-20)16-10-21-17-9-14(18(22)23)3-4-15(16)17;1-21-13-9-11(16(22)23-2)3-4-12(13)14(15(21)18)10-5-7-17(19,20)8-6-10;1-20-10-14(11-5-7-17(18,19)8-6-11)13-4-3-12(9-15(13)20)16(21)22-2;1-18-10-15(11-3-6-13(19)7-4-11)14-8-5-12(9-16(14)18)17(20)21-2;1-10(2)7-13-11(14-8-10)5-3-9(12)4-6-11;11-9(12)7-2-1-6-3-4-10-8(6)5-7;;;1-2;/h5-6,11-12,15H,7-10,13-14H2,1-4H3;3-5,9-10,21H,6-8,11-12H2,1-2H3,(H,22,23);3-4,9-10H,5-8H2,1-2H3;3-4,9-11H,5-8H2,1-2H3;5,8-11H,3-4,6-7H2,1-2H3;3-8H2,1-2H3;1-5,10H,(H,11,12);2*1H4;;1H. The zero-order chi connectivity index (χ0) is 105. The number of methoxy groups -OCH3 is 4. The number of carbonyl (C=O) groups is 8. The van der Waals surface area contributed by atoms with E-state index in [-0.39, 0.29) is 99.7 Å². The van der Waals surface area contributed by atoms with Crippen LogP contribution in [0.4, 0.5) is 17.6 Å². The van der Waals surface area contributed by atoms with Gasteiger partial charge in [-0.25, -0.2) is 46.3 Å². The molecule has 0 radical (unpaired) electrons. The number of aromatic nitrogens is 6. The Morgan fingerprint density at radius 2 is 0.736 bits per heavy atom. The maximum Gasteiger partial charge on any atom is 0.337 e. The number of nitrogens with one attached hydrogen (secondary N) is 2. The number of alkyl halides is 4. The van der Waals surface area contributed by atoms with Crippen molar-refractivity contribution in [1.82, 2.24) is 28.2 Å². The van der Waals surface area contributed by atoms with Crippen molar-refractivity contribution in [2.75, 3.05) is 68.1 Å². The van der Waals surface area contributed by atoms with Crippen molar-refractivity contribution in [3.05, 3.63) is 218 Å². The van der Waals surface area contributed by atoms with E-state index in [2.05, 4.69) is 125 Å². The van der Waals surface area contributed by atoms with E-state index in [1.165, 1.54) is 55.9 Å². The maximum absolute atomic E-state index is 13.4. The second-order valence-electron chi connectivity index (χ2n) is 42.4. The second-order valence-corrected chi connectivity index (χ2v) is 43.1. The van der Waals surface area contributed by atoms with E-state index in [1.54, 1.807) is 60.8 Å². The lowest BCUT2D eigenvalue weighted by molar-refractivity contribution is -0.310. The Labute approximate surface area is 887 Å². The van der Waals surface area contributed by atoms with Crippen molar-refractivity contribution in [2.24, 2.45) is 44.4 Å². The number of carbonyl (C=O) groups excluding carboxylic acids is 6. The molecule has 6 aliphatic carbocycles. The number of carboxylic acids is 2. The summed E-state index contributed by atoms with van der Waals surface area (Å²) in [5.74, 6) is -7.60. The predicted octanol–water partition coefficient (Wildman–Crippen LogP) is 28.0. The van der Waals surface area contributed by atoms with E-state index in [1.807, 2.05) is 109 Å². The van der Waals surface area contributed by atoms with Gasteiger partial charge >= 0.3 is 35.8 Å². The number of aromatic carboxylic acids is 2. The van der Waals surface area contributed by atoms with Crippen molar-refractivity contribution in [1.29, 1.82) is 0 Å². The van der Waals surface area contributed by atoms with Crippen LogP contribution in [0.1, 0.15) is 319 Å². The number of rotatable bonds is 11. The SMILES string of the molecule is BrBr.C.C.CC1(C)COC2(CC=C(c3c[nH]c4cc(C(=O)O)ccc34)CC2)OC1.CC1(C)COC2(CCC(=O)CC2)OC1.COC(=O)c1ccc2c(C3CCC(=O)CC3)cn(C)c2c1.COC(=O)c1ccc2c(C3CCC(F)(F)CC3)c(Br)n(C)c2c1.COC(=O)c1ccc2c(C3CCC(F)(F)CC3)cn(C)c2c1.COC(=O)c1ccc2c(C3CCC4(CC3)OCC(C)(C)CO4)cn(C)c2c1.O=C(O)c1ccc2cc[nH]c2c1.[HH]. The van der Waals surface area contributed by atoms with Crippen LogP contribution in [0.15, 0.2) is 157 Å². The minimum atomic E-state index is -2.54. The number of Topliss-reactive ketones (excluding diaryl/α,β-unsaturated/α-hetero) is 2. The first-order valence-electron chi connectivity index (χ1n) is 49.8. The summed E-state index contributed by atoms with van der Waals surface area (Å²) in [5, 5.41) is 24.3. The quantitative estimate of drug-likeness (QED) is 0.0531. The molecule has 5 saturated carbocycles. The molecular formula is C115H143Br3F4N6O20. The smallest absolute Gasteiger partial charge is 0.337 e. The van der Waals surface area contributed by atoms with Gasteiger partial charge in [0, 0.05) is 261 Å². The molecule has 0 bridgehead atoms. The molecule has 6 aromatic carbocycles. The fourth-order valence-electron chi connectivity index (χ4n) is 21.0. The molecular weight excluding hydrogens is 2100 g/mol. The Hall–Kier alpha value is -10.6. The van der Waals surface area contributed by atoms with Crippen molar-refractivity contribution >= 4 is 163 Å². The molecule has 9 aliphatic rings. The van der Waals surface area contributed by atoms with Crippen LogP contribution in [-0.2, 0) is 85.1 Å². The number of carboxylic acid groups (broad SMARTS) is 2. The van der Waals surface area contributed by atoms with Crippen LogP contribution < -0.4 is 0 Å². The molecule has 0 atom stereocenters. The van der Waals surface area contributed by atoms with Crippen molar-refractivity contribution in [3.63, 3.8) is 0 Å². The molecule has 802 valence electrons. The fraction of sp³-hybridized carbons (Fsp3) is 0.496. The zero-order valence-corrected chi connectivity index (χ0v) is 90.2. The highest BCUT2D eigenvalue weighted by molar-refractivity contribution is 9.93. The summed E-state index contributed by atoms with van der Waals surface area (Å²) in [6.07, 6.45) is 26.4. The third-order valence-electron chi connectivity index (χ3n) is 29.8. The van der Waals surface area contributed by atoms with Crippen LogP contribution in [0.5, 0.6) is 0 Å². The Bertz CT molecular complexity index is 6760. The van der Waals surface area contributed by atoms with Crippen LogP contribution in [0.2, 0.25) is 0 Å². The predicted molar refractivity (Wildman–Crippen MR) is 579 cm³/mol. The molecule has 3 spiro atoms. The lowest BCUT2D eigenvalue weighted by Crippen LogP contribution is -2.49. The molecule has 4 N–H and O–H groups in total. The van der Waals surface area contributed by atoms with Gasteiger partial charge in [-0.3, -0.25) is 9.59 Å². The number of H-pyrrole nitrogens is 2. The third-order valence-corrected chi connectivity index (χ3v) is 30.8. The number of hydrogen-bond donors (Lipinski definition) is 4. The van der Waals surface area contributed by atoms with E-state index in [0.717, 1.165) is 186 Å². The number of halogens is 7. The van der Waals surface area contributed by atoms with E-state index in [4.69, 9.17) is 57.6 Å². The molecule has 0 unspecified atom stereocenters. The first-order chi connectivity index (χ1) is 69.3. The lowest BCUT2D eigenvalue weighted by atomic mass is 9.80. The number of allylic oxidation sites excluding steroid dienone is 1. The number of esters is 4. The van der Waals surface area contributed by atoms with E-state index < -0.39 is 35.4 Å². The average molecular weight is 2250 g/mol. The Morgan fingerprint density at radius 3 is 1.14 bits per heavy atom. The second kappa shape index (κ2) is 48.8. The van der Waals surface area contributed by atoms with Crippen LogP contribution >= 0.6 is 44.2 Å². The van der Waals surface area contributed by atoms with Gasteiger partial charge in [0.1, 0.15) is 11.6 Å². The highest BCUT2D eigenvalue weighted by Crippen LogP contribution is 2.51. The number of fused-ring (bicyclic) bond motifs is 6. The number of nitrogens with zero attached hydrogens (tertiary/aromatic N) is 4. The Balaban J connectivity index is 0.000000166. The van der Waals surface area contributed by atoms with Gasteiger partial charge in [-0.2, -0.15) is 0 Å². The molecule has 148 heavy (non-hydrogen) atoms. The Kier molecular flexibility index (Phi) is 38.2. The van der Waals surface area contributed by atoms with Gasteiger partial charge in [-0.05, 0) is 209 Å².